The first-order chi connectivity index (χ1) is 21.3. The second-order valence-corrected chi connectivity index (χ2v) is 12.6. The zero-order valence-corrected chi connectivity index (χ0v) is 26.2. The SMILES string of the molecule is CSc1cc(=O)oc2cc3c(cc12)CC(C)N3CC(C)C.N#Cc1c(-c2ncc[nH]2)c(=O)oc2cc(N3CCCC3)ccc12. The highest BCUT2D eigenvalue weighted by Crippen LogP contribution is 2.38. The summed E-state index contributed by atoms with van der Waals surface area (Å²) in [6.07, 6.45) is 8.54. The molecule has 1 saturated heterocycles. The fourth-order valence-corrected chi connectivity index (χ4v) is 6.84. The summed E-state index contributed by atoms with van der Waals surface area (Å²) in [6.45, 7) is 9.77. The third-order valence-corrected chi connectivity index (χ3v) is 9.03. The molecule has 9 nitrogen and oxygen atoms in total. The van der Waals surface area contributed by atoms with Crippen molar-refractivity contribution in [2.75, 3.05) is 35.7 Å². The fraction of sp³-hybridized carbons (Fsp3) is 0.353. The molecule has 0 bridgehead atoms. The number of hydrogen-bond donors (Lipinski definition) is 1. The van der Waals surface area contributed by atoms with E-state index in [4.69, 9.17) is 8.83 Å². The first-order valence-corrected chi connectivity index (χ1v) is 16.2. The molecule has 0 spiro atoms. The molecule has 0 aliphatic carbocycles. The van der Waals surface area contributed by atoms with Crippen LogP contribution in [0.25, 0.3) is 33.3 Å². The Bertz CT molecular complexity index is 1980. The maximum Gasteiger partial charge on any atom is 0.348 e. The summed E-state index contributed by atoms with van der Waals surface area (Å²) in [5.41, 5.74) is 4.39. The highest BCUT2D eigenvalue weighted by molar-refractivity contribution is 7.98. The highest BCUT2D eigenvalue weighted by atomic mass is 32.2. The molecule has 2 aliphatic heterocycles. The molecular weight excluding hydrogens is 574 g/mol. The van der Waals surface area contributed by atoms with Crippen LogP contribution in [0.1, 0.15) is 44.7 Å². The minimum atomic E-state index is -0.553. The van der Waals surface area contributed by atoms with Crippen LogP contribution in [0, 0.1) is 17.2 Å². The second-order valence-electron chi connectivity index (χ2n) is 11.8. The molecule has 44 heavy (non-hydrogen) atoms. The molecule has 0 radical (unpaired) electrons. The lowest BCUT2D eigenvalue weighted by Crippen LogP contribution is -2.32. The van der Waals surface area contributed by atoms with E-state index in [0.717, 1.165) is 42.0 Å². The molecule has 2 aliphatic rings. The average molecular weight is 610 g/mol. The number of anilines is 2. The van der Waals surface area contributed by atoms with Crippen LogP contribution in [0.5, 0.6) is 0 Å². The maximum atomic E-state index is 12.4. The smallest absolute Gasteiger partial charge is 0.348 e. The van der Waals surface area contributed by atoms with E-state index in [1.807, 2.05) is 24.5 Å². The minimum Gasteiger partial charge on any atom is -0.423 e. The molecule has 5 aromatic rings. The van der Waals surface area contributed by atoms with E-state index in [9.17, 15) is 14.9 Å². The Morgan fingerprint density at radius 1 is 1.09 bits per heavy atom. The van der Waals surface area contributed by atoms with Crippen LogP contribution in [0.4, 0.5) is 11.4 Å². The van der Waals surface area contributed by atoms with Crippen molar-refractivity contribution in [1.82, 2.24) is 9.97 Å². The number of thioether (sulfide) groups is 1. The third-order valence-electron chi connectivity index (χ3n) is 8.25. The van der Waals surface area contributed by atoms with Crippen molar-refractivity contribution < 1.29 is 8.83 Å². The Morgan fingerprint density at radius 3 is 2.55 bits per heavy atom. The zero-order valence-electron chi connectivity index (χ0n) is 25.3. The van der Waals surface area contributed by atoms with Gasteiger partial charge in [0.15, 0.2) is 0 Å². The first-order valence-electron chi connectivity index (χ1n) is 14.9. The largest absolute Gasteiger partial charge is 0.423 e. The zero-order chi connectivity index (χ0) is 31.0. The topological polar surface area (TPSA) is 119 Å². The van der Waals surface area contributed by atoms with Crippen molar-refractivity contribution in [2.45, 2.75) is 51.0 Å². The summed E-state index contributed by atoms with van der Waals surface area (Å²) in [7, 11) is 0. The summed E-state index contributed by atoms with van der Waals surface area (Å²) in [4.78, 5) is 36.7. The van der Waals surface area contributed by atoms with Gasteiger partial charge in [-0.3, -0.25) is 0 Å². The molecule has 1 atom stereocenters. The number of nitrogens with one attached hydrogen (secondary N) is 1. The summed E-state index contributed by atoms with van der Waals surface area (Å²) < 4.78 is 10.9. The predicted octanol–water partition coefficient (Wildman–Crippen LogP) is 6.58. The van der Waals surface area contributed by atoms with Crippen molar-refractivity contribution in [2.24, 2.45) is 5.92 Å². The predicted molar refractivity (Wildman–Crippen MR) is 176 cm³/mol. The lowest BCUT2D eigenvalue weighted by atomic mass is 10.0. The Hall–Kier alpha value is -4.49. The Kier molecular flexibility index (Phi) is 8.23. The van der Waals surface area contributed by atoms with Gasteiger partial charge >= 0.3 is 11.3 Å². The van der Waals surface area contributed by atoms with E-state index in [1.54, 1.807) is 24.0 Å². The standard InChI is InChI=1S/C17H14N4O2.C17H21NO2S/c18-10-13-12-4-3-11(21-7-1-2-8-21)9-14(12)23-17(22)15(13)16-19-5-6-20-16;1-10(2)9-18-11(3)5-12-6-13-15(7-14(12)18)20-17(19)8-16(13)21-4/h3-6,9H,1-2,7-8H2,(H,19,20);6-8,10-11H,5,9H2,1-4H3. The van der Waals surface area contributed by atoms with Gasteiger partial charge < -0.3 is 23.6 Å². The molecule has 2 aromatic carbocycles. The van der Waals surface area contributed by atoms with Crippen LogP contribution in [-0.2, 0) is 6.42 Å². The number of rotatable bonds is 5. The van der Waals surface area contributed by atoms with Gasteiger partial charge in [0.1, 0.15) is 28.6 Å². The summed E-state index contributed by atoms with van der Waals surface area (Å²) in [5, 5.41) is 11.2. The van der Waals surface area contributed by atoms with Gasteiger partial charge in [-0.05, 0) is 62.1 Å². The second kappa shape index (κ2) is 12.2. The number of aromatic amines is 1. The average Bonchev–Trinajstić information content (AvgIpc) is 3.78. The number of fused-ring (bicyclic) bond motifs is 3. The van der Waals surface area contributed by atoms with Gasteiger partial charge in [0.25, 0.3) is 0 Å². The van der Waals surface area contributed by atoms with E-state index in [2.05, 4.69) is 58.7 Å². The Labute approximate surface area is 259 Å². The van der Waals surface area contributed by atoms with Crippen molar-refractivity contribution >= 4 is 45.1 Å². The van der Waals surface area contributed by atoms with E-state index in [1.165, 1.54) is 30.3 Å². The molecule has 1 unspecified atom stereocenters. The van der Waals surface area contributed by atoms with E-state index in [-0.39, 0.29) is 11.2 Å². The van der Waals surface area contributed by atoms with Gasteiger partial charge in [0, 0.05) is 83.3 Å². The number of imidazole rings is 1. The quantitative estimate of drug-likeness (QED) is 0.174. The van der Waals surface area contributed by atoms with E-state index >= 15 is 0 Å². The molecule has 1 N–H and O–H groups in total. The van der Waals surface area contributed by atoms with Gasteiger partial charge in [-0.2, -0.15) is 5.26 Å². The molecular formula is C34H35N5O4S. The van der Waals surface area contributed by atoms with Crippen molar-refractivity contribution in [3.05, 3.63) is 80.8 Å². The molecule has 3 aromatic heterocycles. The van der Waals surface area contributed by atoms with Gasteiger partial charge in [0.05, 0.1) is 5.56 Å². The monoisotopic (exact) mass is 609 g/mol. The first kappa shape index (κ1) is 29.6. The number of hydrogen-bond acceptors (Lipinski definition) is 9. The lowest BCUT2D eigenvalue weighted by Gasteiger charge is -2.26. The molecule has 7 rings (SSSR count). The lowest BCUT2D eigenvalue weighted by molar-refractivity contribution is 0.556. The number of nitrogens with zero attached hydrogens (tertiary/aromatic N) is 4. The minimum absolute atomic E-state index is 0.180. The van der Waals surface area contributed by atoms with Crippen LogP contribution in [0.2, 0.25) is 0 Å². The van der Waals surface area contributed by atoms with Crippen LogP contribution in [0.15, 0.2) is 72.1 Å². The highest BCUT2D eigenvalue weighted by Gasteiger charge is 2.28. The van der Waals surface area contributed by atoms with Crippen molar-refractivity contribution in [3.63, 3.8) is 0 Å². The van der Waals surface area contributed by atoms with Gasteiger partial charge in [-0.15, -0.1) is 11.8 Å². The van der Waals surface area contributed by atoms with Gasteiger partial charge in [0.2, 0.25) is 0 Å². The van der Waals surface area contributed by atoms with Gasteiger partial charge in [-0.25, -0.2) is 14.6 Å². The summed E-state index contributed by atoms with van der Waals surface area (Å²) in [5.74, 6) is 0.958. The molecule has 10 heteroatoms. The fourth-order valence-electron chi connectivity index (χ4n) is 6.25. The normalized spacial score (nSPS) is 16.0. The van der Waals surface area contributed by atoms with Crippen molar-refractivity contribution in [1.29, 1.82) is 5.26 Å². The Balaban J connectivity index is 0.000000157. The van der Waals surface area contributed by atoms with E-state index < -0.39 is 5.63 Å². The van der Waals surface area contributed by atoms with Crippen LogP contribution in [0.3, 0.4) is 0 Å². The van der Waals surface area contributed by atoms with E-state index in [0.29, 0.717) is 39.9 Å². The van der Waals surface area contributed by atoms with Crippen LogP contribution >= 0.6 is 11.8 Å². The molecule has 1 fully saturated rings. The summed E-state index contributed by atoms with van der Waals surface area (Å²) in [6, 6.07) is 14.1. The van der Waals surface area contributed by atoms with Crippen LogP contribution in [-0.4, -0.2) is 41.9 Å². The summed E-state index contributed by atoms with van der Waals surface area (Å²) >= 11 is 1.60. The number of aromatic nitrogens is 2. The number of nitriles is 1. The molecule has 0 amide bonds. The Morgan fingerprint density at radius 2 is 1.86 bits per heavy atom. The van der Waals surface area contributed by atoms with Crippen LogP contribution < -0.4 is 21.1 Å². The van der Waals surface area contributed by atoms with Crippen molar-refractivity contribution in [3.8, 4) is 17.5 Å². The molecule has 226 valence electrons. The third kappa shape index (κ3) is 5.60. The number of H-pyrrole nitrogens is 1. The number of benzene rings is 2. The van der Waals surface area contributed by atoms with Gasteiger partial charge in [-0.1, -0.05) is 13.8 Å². The molecule has 0 saturated carbocycles. The maximum absolute atomic E-state index is 12.4. The molecule has 5 heterocycles.